The summed E-state index contributed by atoms with van der Waals surface area (Å²) in [5.41, 5.74) is 4.82. The maximum atomic E-state index is 6.71. The third-order valence-electron chi connectivity index (χ3n) is 6.55. The third-order valence-corrected chi connectivity index (χ3v) is 6.55. The first-order valence-corrected chi connectivity index (χ1v) is 11.8. The van der Waals surface area contributed by atoms with E-state index in [-0.39, 0.29) is 6.04 Å². The molecule has 0 aliphatic carbocycles. The van der Waals surface area contributed by atoms with Gasteiger partial charge in [0.2, 0.25) is 5.95 Å². The topological polar surface area (TPSA) is 79.7 Å². The van der Waals surface area contributed by atoms with Gasteiger partial charge in [0, 0.05) is 22.3 Å². The van der Waals surface area contributed by atoms with Crippen molar-refractivity contribution in [2.24, 2.45) is 0 Å². The lowest BCUT2D eigenvalue weighted by atomic mass is 9.84. The quantitative estimate of drug-likeness (QED) is 0.402. The predicted molar refractivity (Wildman–Crippen MR) is 136 cm³/mol. The number of fused-ring (bicyclic) bond motifs is 3. The van der Waals surface area contributed by atoms with Crippen LogP contribution in [0.5, 0.6) is 23.0 Å². The first kappa shape index (κ1) is 22.0. The first-order valence-electron chi connectivity index (χ1n) is 11.8. The molecule has 0 amide bonds. The van der Waals surface area contributed by atoms with Crippen LogP contribution in [0, 0.1) is 0 Å². The van der Waals surface area contributed by atoms with Gasteiger partial charge in [-0.15, -0.1) is 0 Å². The summed E-state index contributed by atoms with van der Waals surface area (Å²) in [5, 5.41) is 8.11. The molecule has 8 nitrogen and oxygen atoms in total. The number of methoxy groups -OCH3 is 2. The smallest absolute Gasteiger partial charge is 0.226 e. The summed E-state index contributed by atoms with van der Waals surface area (Å²) < 4.78 is 25.8. The lowest BCUT2D eigenvalue weighted by Gasteiger charge is -2.39. The summed E-state index contributed by atoms with van der Waals surface area (Å²) in [6.45, 7) is 2.50. The van der Waals surface area contributed by atoms with Crippen molar-refractivity contribution in [3.8, 4) is 23.0 Å². The molecule has 0 saturated heterocycles. The average molecular weight is 483 g/mol. The van der Waals surface area contributed by atoms with Gasteiger partial charge in [-0.05, 0) is 37.3 Å². The Hall–Kier alpha value is -4.46. The summed E-state index contributed by atoms with van der Waals surface area (Å²) >= 11 is 0. The van der Waals surface area contributed by atoms with Crippen molar-refractivity contribution in [3.05, 3.63) is 95.3 Å². The van der Waals surface area contributed by atoms with Gasteiger partial charge in [-0.1, -0.05) is 36.4 Å². The highest BCUT2D eigenvalue weighted by atomic mass is 16.5. The van der Waals surface area contributed by atoms with Gasteiger partial charge in [0.1, 0.15) is 30.0 Å². The van der Waals surface area contributed by atoms with Crippen LogP contribution in [0.2, 0.25) is 0 Å². The molecule has 8 heteroatoms. The molecule has 2 aliphatic rings. The van der Waals surface area contributed by atoms with Gasteiger partial charge in [0.25, 0.3) is 0 Å². The molecule has 3 heterocycles. The Bertz CT molecular complexity index is 1460. The van der Waals surface area contributed by atoms with Gasteiger partial charge in [0.05, 0.1) is 26.5 Å². The van der Waals surface area contributed by atoms with Crippen molar-refractivity contribution in [3.63, 3.8) is 0 Å². The van der Waals surface area contributed by atoms with Gasteiger partial charge in [-0.25, -0.2) is 4.68 Å². The molecule has 3 aromatic carbocycles. The van der Waals surface area contributed by atoms with Crippen LogP contribution in [0.3, 0.4) is 0 Å². The maximum absolute atomic E-state index is 6.71. The number of hydrogen-bond acceptors (Lipinski definition) is 7. The van der Waals surface area contributed by atoms with E-state index in [2.05, 4.69) is 27.5 Å². The summed E-state index contributed by atoms with van der Waals surface area (Å²) in [7, 11) is 3.32. The van der Waals surface area contributed by atoms with Crippen LogP contribution in [0.4, 0.5) is 5.95 Å². The third kappa shape index (κ3) is 3.45. The molecule has 0 bridgehead atoms. The summed E-state index contributed by atoms with van der Waals surface area (Å²) in [5.74, 6) is 3.55. The van der Waals surface area contributed by atoms with E-state index in [1.54, 1.807) is 20.5 Å². The van der Waals surface area contributed by atoms with E-state index in [1.165, 1.54) is 0 Å². The highest BCUT2D eigenvalue weighted by Crippen LogP contribution is 2.52. The maximum Gasteiger partial charge on any atom is 0.226 e. The lowest BCUT2D eigenvalue weighted by Crippen LogP contribution is -2.32. The van der Waals surface area contributed by atoms with Gasteiger partial charge in [-0.3, -0.25) is 0 Å². The number of nitrogens with zero attached hydrogens (tertiary/aromatic N) is 3. The summed E-state index contributed by atoms with van der Waals surface area (Å²) in [4.78, 5) is 4.50. The Balaban J connectivity index is 1.60. The number of benzene rings is 3. The zero-order valence-corrected chi connectivity index (χ0v) is 20.3. The van der Waals surface area contributed by atoms with Crippen molar-refractivity contribution >= 4 is 11.6 Å². The molecule has 0 radical (unpaired) electrons. The summed E-state index contributed by atoms with van der Waals surface area (Å²) in [6.07, 6.45) is 1.13. The molecule has 0 saturated carbocycles. The zero-order valence-electron chi connectivity index (χ0n) is 20.3. The molecule has 2 aliphatic heterocycles. The normalized spacial score (nSPS) is 17.8. The Morgan fingerprint density at radius 2 is 1.75 bits per heavy atom. The molecule has 0 unspecified atom stereocenters. The van der Waals surface area contributed by atoms with E-state index in [0.29, 0.717) is 24.1 Å². The average Bonchev–Trinajstić information content (AvgIpc) is 3.40. The van der Waals surface area contributed by atoms with E-state index in [4.69, 9.17) is 18.9 Å². The Morgan fingerprint density at radius 1 is 0.944 bits per heavy atom. The summed E-state index contributed by atoms with van der Waals surface area (Å²) in [6, 6.07) is 21.6. The second kappa shape index (κ2) is 8.96. The predicted octanol–water partition coefficient (Wildman–Crippen LogP) is 5.25. The number of aromatic nitrogens is 3. The molecule has 6 rings (SSSR count). The van der Waals surface area contributed by atoms with Crippen LogP contribution < -0.4 is 24.3 Å². The number of anilines is 1. The second-order valence-electron chi connectivity index (χ2n) is 8.47. The minimum atomic E-state index is -0.431. The first-order chi connectivity index (χ1) is 17.7. The fourth-order valence-electron chi connectivity index (χ4n) is 5.01. The van der Waals surface area contributed by atoms with Crippen LogP contribution in [0.1, 0.15) is 35.8 Å². The van der Waals surface area contributed by atoms with Crippen LogP contribution in [-0.4, -0.2) is 35.6 Å². The molecule has 0 fully saturated rings. The molecule has 0 spiro atoms. The number of nitrogens with one attached hydrogen (secondary N) is 1. The van der Waals surface area contributed by atoms with Crippen LogP contribution in [0.25, 0.3) is 5.70 Å². The van der Waals surface area contributed by atoms with E-state index in [9.17, 15) is 0 Å². The van der Waals surface area contributed by atoms with Gasteiger partial charge >= 0.3 is 0 Å². The number of ether oxygens (including phenoxy) is 4. The number of hydrogen-bond donors (Lipinski definition) is 1. The molecular weight excluding hydrogens is 456 g/mol. The number of rotatable bonds is 6. The van der Waals surface area contributed by atoms with Crippen molar-refractivity contribution in [2.45, 2.75) is 19.1 Å². The molecule has 36 heavy (non-hydrogen) atoms. The highest BCUT2D eigenvalue weighted by molar-refractivity contribution is 5.85. The number of para-hydroxylation sites is 2. The van der Waals surface area contributed by atoms with Crippen molar-refractivity contribution < 1.29 is 18.9 Å². The van der Waals surface area contributed by atoms with E-state index in [0.717, 1.165) is 39.5 Å². The highest BCUT2D eigenvalue weighted by Gasteiger charge is 2.42. The fraction of sp³-hybridized carbons (Fsp3) is 0.214. The van der Waals surface area contributed by atoms with Gasteiger partial charge in [-0.2, -0.15) is 10.1 Å². The zero-order chi connectivity index (χ0) is 24.6. The molecule has 4 aromatic rings. The Morgan fingerprint density at radius 3 is 2.58 bits per heavy atom. The van der Waals surface area contributed by atoms with Crippen LogP contribution in [0.15, 0.2) is 78.6 Å². The van der Waals surface area contributed by atoms with Crippen molar-refractivity contribution in [1.82, 2.24) is 14.8 Å². The Kier molecular flexibility index (Phi) is 5.48. The molecular formula is C28H26N4O4. The van der Waals surface area contributed by atoms with Crippen LogP contribution in [-0.2, 0) is 0 Å². The minimum Gasteiger partial charge on any atom is -0.496 e. The van der Waals surface area contributed by atoms with Gasteiger partial charge in [0.15, 0.2) is 11.5 Å². The monoisotopic (exact) mass is 482 g/mol. The SMILES string of the molecule is CCOc1ccc([C@H]2Oc3ccccc3C3=C2[C@@H](c2ccccc2OC)n2ncnc2N3)cc1OC. The molecule has 1 aromatic heterocycles. The van der Waals surface area contributed by atoms with Crippen molar-refractivity contribution in [1.29, 1.82) is 0 Å². The largest absolute Gasteiger partial charge is 0.496 e. The standard InChI is InChI=1S/C28H26N4O4/c1-4-35-22-14-13-17(15-23(22)34-3)27-24-25(18-9-5-8-12-21(18)36-27)31-28-29-16-30-32(28)26(24)19-10-6-7-11-20(19)33-2/h5-16,26-27H,4H2,1-3H3,(H,29,30,31)/t26-,27-/m1/s1. The van der Waals surface area contributed by atoms with Crippen molar-refractivity contribution in [2.75, 3.05) is 26.1 Å². The molecule has 2 atom stereocenters. The minimum absolute atomic E-state index is 0.314. The second-order valence-corrected chi connectivity index (χ2v) is 8.47. The lowest BCUT2D eigenvalue weighted by molar-refractivity contribution is 0.221. The molecule has 182 valence electrons. The fourth-order valence-corrected chi connectivity index (χ4v) is 5.01. The Labute approximate surface area is 209 Å². The molecule has 1 N–H and O–H groups in total. The van der Waals surface area contributed by atoms with Gasteiger partial charge < -0.3 is 24.3 Å². The van der Waals surface area contributed by atoms with E-state index < -0.39 is 6.10 Å². The van der Waals surface area contributed by atoms with Crippen LogP contribution >= 0.6 is 0 Å². The van der Waals surface area contributed by atoms with E-state index >= 15 is 0 Å². The van der Waals surface area contributed by atoms with E-state index in [1.807, 2.05) is 66.2 Å².